The number of aromatic nitrogens is 1. The molecule has 2 atom stereocenters. The lowest BCUT2D eigenvalue weighted by Crippen LogP contribution is -2.20. The average molecular weight is 204 g/mol. The Morgan fingerprint density at radius 3 is 3.13 bits per heavy atom. The number of pyridine rings is 1. The SMILES string of the molecule is Fc1cncc(C2=C[C@@H]3NCC[C@@H]3C2)c1. The lowest BCUT2D eigenvalue weighted by atomic mass is 10.00. The monoisotopic (exact) mass is 204 g/mol. The molecule has 1 aromatic heterocycles. The van der Waals surface area contributed by atoms with Gasteiger partial charge >= 0.3 is 0 Å². The van der Waals surface area contributed by atoms with Crippen molar-refractivity contribution >= 4 is 5.57 Å². The van der Waals surface area contributed by atoms with E-state index in [1.165, 1.54) is 18.2 Å². The molecule has 1 aromatic rings. The molecule has 1 aliphatic carbocycles. The van der Waals surface area contributed by atoms with Crippen LogP contribution in [0.15, 0.2) is 24.5 Å². The van der Waals surface area contributed by atoms with E-state index in [-0.39, 0.29) is 5.82 Å². The highest BCUT2D eigenvalue weighted by atomic mass is 19.1. The summed E-state index contributed by atoms with van der Waals surface area (Å²) in [4.78, 5) is 3.89. The Morgan fingerprint density at radius 1 is 1.40 bits per heavy atom. The van der Waals surface area contributed by atoms with Gasteiger partial charge in [-0.25, -0.2) is 4.39 Å². The molecule has 2 heterocycles. The van der Waals surface area contributed by atoms with Gasteiger partial charge in [-0.05, 0) is 42.5 Å². The number of hydrogen-bond acceptors (Lipinski definition) is 2. The maximum absolute atomic E-state index is 13.0. The number of nitrogens with zero attached hydrogens (tertiary/aromatic N) is 1. The Bertz CT molecular complexity index is 414. The number of nitrogens with one attached hydrogen (secondary N) is 1. The minimum atomic E-state index is -0.251. The summed E-state index contributed by atoms with van der Waals surface area (Å²) in [5.41, 5.74) is 2.18. The smallest absolute Gasteiger partial charge is 0.142 e. The normalized spacial score (nSPS) is 29.0. The molecule has 2 nitrogen and oxygen atoms in total. The molecule has 1 saturated heterocycles. The molecular formula is C12H13FN2. The van der Waals surface area contributed by atoms with Crippen molar-refractivity contribution in [2.24, 2.45) is 5.92 Å². The summed E-state index contributed by atoms with van der Waals surface area (Å²) >= 11 is 0. The summed E-state index contributed by atoms with van der Waals surface area (Å²) in [6, 6.07) is 2.07. The Balaban J connectivity index is 1.90. The van der Waals surface area contributed by atoms with E-state index in [9.17, 15) is 4.39 Å². The topological polar surface area (TPSA) is 24.9 Å². The number of hydrogen-bond donors (Lipinski definition) is 1. The second kappa shape index (κ2) is 3.42. The van der Waals surface area contributed by atoms with Crippen molar-refractivity contribution in [2.75, 3.05) is 6.54 Å². The van der Waals surface area contributed by atoms with Gasteiger partial charge in [-0.15, -0.1) is 0 Å². The van der Waals surface area contributed by atoms with E-state index >= 15 is 0 Å². The van der Waals surface area contributed by atoms with Crippen LogP contribution in [-0.2, 0) is 0 Å². The summed E-state index contributed by atoms with van der Waals surface area (Å²) in [6.45, 7) is 1.11. The Hall–Kier alpha value is -1.22. The van der Waals surface area contributed by atoms with Crippen LogP contribution in [0.25, 0.3) is 5.57 Å². The van der Waals surface area contributed by atoms with Gasteiger partial charge in [-0.3, -0.25) is 4.98 Å². The molecule has 3 heteroatoms. The standard InChI is InChI=1S/C12H13FN2/c13-11-4-10(6-14-7-11)9-3-8-1-2-15-12(8)5-9/h4-8,12,15H,1-3H2/t8-,12+/m1/s1. The van der Waals surface area contributed by atoms with Gasteiger partial charge in [-0.1, -0.05) is 6.08 Å². The van der Waals surface area contributed by atoms with E-state index in [1.807, 2.05) is 0 Å². The Labute approximate surface area is 88.2 Å². The summed E-state index contributed by atoms with van der Waals surface area (Å²) in [7, 11) is 0. The van der Waals surface area contributed by atoms with Crippen LogP contribution in [0.2, 0.25) is 0 Å². The van der Waals surface area contributed by atoms with Gasteiger partial charge in [0.15, 0.2) is 0 Å². The zero-order valence-electron chi connectivity index (χ0n) is 8.41. The zero-order chi connectivity index (χ0) is 10.3. The highest BCUT2D eigenvalue weighted by Crippen LogP contribution is 2.36. The third-order valence-electron chi connectivity index (χ3n) is 3.34. The highest BCUT2D eigenvalue weighted by molar-refractivity contribution is 5.68. The summed E-state index contributed by atoms with van der Waals surface area (Å²) in [6.07, 6.45) is 7.51. The molecule has 0 bridgehead atoms. The van der Waals surface area contributed by atoms with Gasteiger partial charge in [0.2, 0.25) is 0 Å². The quantitative estimate of drug-likeness (QED) is 0.756. The van der Waals surface area contributed by atoms with Gasteiger partial charge < -0.3 is 5.32 Å². The molecule has 0 unspecified atom stereocenters. The van der Waals surface area contributed by atoms with Crippen molar-refractivity contribution in [1.29, 1.82) is 0 Å². The van der Waals surface area contributed by atoms with Gasteiger partial charge in [-0.2, -0.15) is 0 Å². The molecule has 1 N–H and O–H groups in total. The van der Waals surface area contributed by atoms with Gasteiger partial charge in [0.05, 0.1) is 6.20 Å². The van der Waals surface area contributed by atoms with E-state index in [2.05, 4.69) is 16.4 Å². The summed E-state index contributed by atoms with van der Waals surface area (Å²) in [5, 5.41) is 3.44. The van der Waals surface area contributed by atoms with Crippen LogP contribution in [0, 0.1) is 11.7 Å². The molecule has 0 spiro atoms. The second-order valence-electron chi connectivity index (χ2n) is 4.32. The summed E-state index contributed by atoms with van der Waals surface area (Å²) < 4.78 is 13.0. The van der Waals surface area contributed by atoms with E-state index in [1.54, 1.807) is 12.3 Å². The second-order valence-corrected chi connectivity index (χ2v) is 4.32. The van der Waals surface area contributed by atoms with Crippen molar-refractivity contribution in [1.82, 2.24) is 10.3 Å². The molecule has 0 aromatic carbocycles. The van der Waals surface area contributed by atoms with Crippen LogP contribution in [0.3, 0.4) is 0 Å². The first-order chi connectivity index (χ1) is 7.33. The molecule has 1 aliphatic heterocycles. The van der Waals surface area contributed by atoms with Crippen molar-refractivity contribution in [3.8, 4) is 0 Å². The molecule has 2 aliphatic rings. The first-order valence-corrected chi connectivity index (χ1v) is 5.38. The number of rotatable bonds is 1. The molecule has 1 fully saturated rings. The number of allylic oxidation sites excluding steroid dienone is 1. The average Bonchev–Trinajstić information content (AvgIpc) is 2.76. The molecule has 0 radical (unpaired) electrons. The van der Waals surface area contributed by atoms with E-state index in [4.69, 9.17) is 0 Å². The van der Waals surface area contributed by atoms with Crippen molar-refractivity contribution in [3.05, 3.63) is 35.9 Å². The Kier molecular flexibility index (Phi) is 2.06. The van der Waals surface area contributed by atoms with Gasteiger partial charge in [0.25, 0.3) is 0 Å². The molecule has 0 amide bonds. The lowest BCUT2D eigenvalue weighted by Gasteiger charge is -2.06. The fourth-order valence-electron chi connectivity index (χ4n) is 2.57. The van der Waals surface area contributed by atoms with Crippen LogP contribution in [0.1, 0.15) is 18.4 Å². The minimum Gasteiger partial charge on any atom is -0.310 e. The largest absolute Gasteiger partial charge is 0.310 e. The number of fused-ring (bicyclic) bond motifs is 1. The van der Waals surface area contributed by atoms with Crippen LogP contribution >= 0.6 is 0 Å². The third kappa shape index (κ3) is 1.57. The van der Waals surface area contributed by atoms with Crippen molar-refractivity contribution in [2.45, 2.75) is 18.9 Å². The molecule has 78 valence electrons. The fraction of sp³-hybridized carbons (Fsp3) is 0.417. The van der Waals surface area contributed by atoms with Gasteiger partial charge in [0, 0.05) is 12.2 Å². The van der Waals surface area contributed by atoms with Crippen LogP contribution in [-0.4, -0.2) is 17.6 Å². The van der Waals surface area contributed by atoms with Gasteiger partial charge in [0.1, 0.15) is 5.82 Å². The maximum atomic E-state index is 13.0. The Morgan fingerprint density at radius 2 is 2.33 bits per heavy atom. The maximum Gasteiger partial charge on any atom is 0.142 e. The first-order valence-electron chi connectivity index (χ1n) is 5.38. The van der Waals surface area contributed by atoms with E-state index in [0.29, 0.717) is 12.0 Å². The highest BCUT2D eigenvalue weighted by Gasteiger charge is 2.31. The van der Waals surface area contributed by atoms with Crippen LogP contribution in [0.5, 0.6) is 0 Å². The predicted octanol–water partition coefficient (Wildman–Crippen LogP) is 1.99. The number of halogens is 1. The fourth-order valence-corrected chi connectivity index (χ4v) is 2.57. The van der Waals surface area contributed by atoms with Crippen LogP contribution in [0.4, 0.5) is 4.39 Å². The first kappa shape index (κ1) is 9.04. The lowest BCUT2D eigenvalue weighted by molar-refractivity contribution is 0.553. The van der Waals surface area contributed by atoms with E-state index < -0.39 is 0 Å². The van der Waals surface area contributed by atoms with Crippen LogP contribution < -0.4 is 5.32 Å². The zero-order valence-corrected chi connectivity index (χ0v) is 8.41. The van der Waals surface area contributed by atoms with Crippen molar-refractivity contribution in [3.63, 3.8) is 0 Å². The predicted molar refractivity (Wildman–Crippen MR) is 56.7 cm³/mol. The molecular weight excluding hydrogens is 191 g/mol. The molecule has 0 saturated carbocycles. The third-order valence-corrected chi connectivity index (χ3v) is 3.34. The minimum absolute atomic E-state index is 0.251. The van der Waals surface area contributed by atoms with Crippen molar-refractivity contribution < 1.29 is 4.39 Å². The molecule has 3 rings (SSSR count). The summed E-state index contributed by atoms with van der Waals surface area (Å²) in [5.74, 6) is 0.460. The molecule has 15 heavy (non-hydrogen) atoms. The van der Waals surface area contributed by atoms with E-state index in [0.717, 1.165) is 18.5 Å².